The average molecular weight is 333 g/mol. The molecule has 0 aliphatic heterocycles. The van der Waals surface area contributed by atoms with Crippen LogP contribution in [-0.4, -0.2) is 23.6 Å². The number of hydrogen-bond donors (Lipinski definition) is 1. The van der Waals surface area contributed by atoms with Crippen molar-refractivity contribution in [3.63, 3.8) is 0 Å². The molecule has 2 aromatic rings. The molecule has 0 atom stereocenters. The van der Waals surface area contributed by atoms with Gasteiger partial charge in [-0.3, -0.25) is 0 Å². The molecule has 0 bridgehead atoms. The van der Waals surface area contributed by atoms with E-state index in [1.807, 2.05) is 6.07 Å². The Balaban J connectivity index is 1.99. The Morgan fingerprint density at radius 1 is 1.25 bits per heavy atom. The molecular weight excluding hydrogens is 321 g/mol. The first kappa shape index (κ1) is 15.2. The van der Waals surface area contributed by atoms with Gasteiger partial charge in [-0.15, -0.1) is 0 Å². The molecule has 4 nitrogen and oxygen atoms in total. The molecular formula is C13H12Cl3N3O. The molecule has 0 spiro atoms. The normalized spacial score (nSPS) is 10.4. The number of ether oxygens (including phenoxy) is 1. The molecule has 0 radical (unpaired) electrons. The summed E-state index contributed by atoms with van der Waals surface area (Å²) in [6.45, 7) is 0.637. The second kappa shape index (κ2) is 6.97. The van der Waals surface area contributed by atoms with Crippen molar-refractivity contribution in [1.82, 2.24) is 9.97 Å². The molecule has 0 saturated heterocycles. The number of hydrogen-bond acceptors (Lipinski definition) is 4. The zero-order valence-electron chi connectivity index (χ0n) is 10.7. The molecule has 0 aliphatic carbocycles. The number of rotatable bonds is 5. The van der Waals surface area contributed by atoms with E-state index in [1.165, 1.54) is 0 Å². The quantitative estimate of drug-likeness (QED) is 0.661. The number of nitrogens with one attached hydrogen (secondary N) is 1. The smallest absolute Gasteiger partial charge is 0.223 e. The molecule has 0 saturated carbocycles. The van der Waals surface area contributed by atoms with Gasteiger partial charge in [-0.1, -0.05) is 23.2 Å². The van der Waals surface area contributed by atoms with E-state index in [0.717, 1.165) is 17.0 Å². The lowest BCUT2D eigenvalue weighted by atomic mass is 10.2. The molecule has 0 amide bonds. The van der Waals surface area contributed by atoms with E-state index < -0.39 is 0 Å². The summed E-state index contributed by atoms with van der Waals surface area (Å²) in [7, 11) is 1.61. The van der Waals surface area contributed by atoms with E-state index in [4.69, 9.17) is 39.5 Å². The summed E-state index contributed by atoms with van der Waals surface area (Å²) in [4.78, 5) is 7.80. The van der Waals surface area contributed by atoms with E-state index in [1.54, 1.807) is 25.4 Å². The molecule has 2 rings (SSSR count). The van der Waals surface area contributed by atoms with Crippen LogP contribution in [-0.2, 0) is 6.42 Å². The average Bonchev–Trinajstić information content (AvgIpc) is 2.43. The maximum absolute atomic E-state index is 6.10. The summed E-state index contributed by atoms with van der Waals surface area (Å²) in [5, 5.41) is 4.35. The van der Waals surface area contributed by atoms with E-state index >= 15 is 0 Å². The van der Waals surface area contributed by atoms with Crippen LogP contribution in [0.4, 0.5) is 5.69 Å². The minimum absolute atomic E-state index is 0.141. The van der Waals surface area contributed by atoms with Crippen molar-refractivity contribution in [3.05, 3.63) is 45.4 Å². The third-order valence-electron chi connectivity index (χ3n) is 2.67. The van der Waals surface area contributed by atoms with Gasteiger partial charge in [0.2, 0.25) is 5.28 Å². The lowest BCUT2D eigenvalue weighted by molar-refractivity contribution is 0.415. The summed E-state index contributed by atoms with van der Waals surface area (Å²) in [6.07, 6.45) is 2.27. The molecule has 20 heavy (non-hydrogen) atoms. The minimum atomic E-state index is 0.141. The first-order valence-electron chi connectivity index (χ1n) is 5.84. The zero-order chi connectivity index (χ0) is 14.5. The molecule has 0 aliphatic rings. The molecule has 0 fully saturated rings. The Morgan fingerprint density at radius 2 is 2.05 bits per heavy atom. The van der Waals surface area contributed by atoms with Gasteiger partial charge in [-0.2, -0.15) is 0 Å². The Kier molecular flexibility index (Phi) is 5.29. The number of anilines is 1. The Labute approximate surface area is 132 Å². The van der Waals surface area contributed by atoms with Crippen molar-refractivity contribution in [3.8, 4) is 5.75 Å². The highest BCUT2D eigenvalue weighted by Crippen LogP contribution is 2.26. The highest BCUT2D eigenvalue weighted by molar-refractivity contribution is 6.33. The molecule has 7 heteroatoms. The summed E-state index contributed by atoms with van der Waals surface area (Å²) in [5.41, 5.74) is 1.62. The zero-order valence-corrected chi connectivity index (χ0v) is 12.9. The van der Waals surface area contributed by atoms with Crippen molar-refractivity contribution in [2.45, 2.75) is 6.42 Å². The summed E-state index contributed by atoms with van der Waals surface area (Å²) >= 11 is 17.7. The fourth-order valence-electron chi connectivity index (χ4n) is 1.63. The highest BCUT2D eigenvalue weighted by atomic mass is 35.5. The lowest BCUT2D eigenvalue weighted by Crippen LogP contribution is -2.06. The van der Waals surface area contributed by atoms with Crippen molar-refractivity contribution >= 4 is 40.5 Å². The number of aromatic nitrogens is 2. The summed E-state index contributed by atoms with van der Waals surface area (Å²) in [5.74, 6) is 0.741. The van der Waals surface area contributed by atoms with Gasteiger partial charge in [0.15, 0.2) is 0 Å². The molecule has 1 N–H and O–H groups in total. The monoisotopic (exact) mass is 331 g/mol. The van der Waals surface area contributed by atoms with Gasteiger partial charge < -0.3 is 10.1 Å². The van der Waals surface area contributed by atoms with Crippen LogP contribution >= 0.6 is 34.8 Å². The maximum Gasteiger partial charge on any atom is 0.223 e. The van der Waals surface area contributed by atoms with Gasteiger partial charge in [-0.25, -0.2) is 9.97 Å². The lowest BCUT2D eigenvalue weighted by Gasteiger charge is -2.10. The number of halogens is 3. The van der Waals surface area contributed by atoms with Crippen LogP contribution < -0.4 is 10.1 Å². The maximum atomic E-state index is 6.10. The predicted octanol–water partition coefficient (Wildman–Crippen LogP) is 4.10. The topological polar surface area (TPSA) is 47.0 Å². The van der Waals surface area contributed by atoms with Crippen molar-refractivity contribution < 1.29 is 4.74 Å². The van der Waals surface area contributed by atoms with Crippen LogP contribution in [0.5, 0.6) is 5.75 Å². The first-order valence-corrected chi connectivity index (χ1v) is 6.98. The predicted molar refractivity (Wildman–Crippen MR) is 82.2 cm³/mol. The summed E-state index contributed by atoms with van der Waals surface area (Å²) < 4.78 is 5.15. The summed E-state index contributed by atoms with van der Waals surface area (Å²) in [6, 6.07) is 5.42. The van der Waals surface area contributed by atoms with Crippen LogP contribution in [0.15, 0.2) is 24.4 Å². The van der Waals surface area contributed by atoms with Crippen molar-refractivity contribution in [2.24, 2.45) is 0 Å². The van der Waals surface area contributed by atoms with Crippen LogP contribution in [0.3, 0.4) is 0 Å². The standard InChI is InChI=1S/C13H12Cl3N3O/c1-20-9-2-3-10(14)11(6-9)17-5-4-8-7-18-13(16)19-12(8)15/h2-3,6-7,17H,4-5H2,1H3. The Hall–Kier alpha value is -1.23. The van der Waals surface area contributed by atoms with Crippen LogP contribution in [0.2, 0.25) is 15.5 Å². The third kappa shape index (κ3) is 3.88. The van der Waals surface area contributed by atoms with E-state index in [9.17, 15) is 0 Å². The molecule has 1 aromatic heterocycles. The van der Waals surface area contributed by atoms with E-state index in [0.29, 0.717) is 23.1 Å². The van der Waals surface area contributed by atoms with Crippen LogP contribution in [0.25, 0.3) is 0 Å². The number of benzene rings is 1. The van der Waals surface area contributed by atoms with Crippen LogP contribution in [0.1, 0.15) is 5.56 Å². The molecule has 1 aromatic carbocycles. The van der Waals surface area contributed by atoms with Gasteiger partial charge in [-0.05, 0) is 30.2 Å². The third-order valence-corrected chi connectivity index (χ3v) is 3.50. The minimum Gasteiger partial charge on any atom is -0.497 e. The largest absolute Gasteiger partial charge is 0.497 e. The highest BCUT2D eigenvalue weighted by Gasteiger charge is 2.05. The van der Waals surface area contributed by atoms with Crippen molar-refractivity contribution in [1.29, 1.82) is 0 Å². The van der Waals surface area contributed by atoms with E-state index in [-0.39, 0.29) is 5.28 Å². The van der Waals surface area contributed by atoms with Gasteiger partial charge in [0.05, 0.1) is 17.8 Å². The Bertz CT molecular complexity index is 607. The van der Waals surface area contributed by atoms with Gasteiger partial charge in [0, 0.05) is 24.4 Å². The Morgan fingerprint density at radius 3 is 2.75 bits per heavy atom. The van der Waals surface area contributed by atoms with E-state index in [2.05, 4.69) is 15.3 Å². The van der Waals surface area contributed by atoms with Crippen LogP contribution in [0, 0.1) is 0 Å². The fraction of sp³-hybridized carbons (Fsp3) is 0.231. The molecule has 106 valence electrons. The van der Waals surface area contributed by atoms with Gasteiger partial charge in [0.25, 0.3) is 0 Å². The second-order valence-corrected chi connectivity index (χ2v) is 5.08. The van der Waals surface area contributed by atoms with Crippen molar-refractivity contribution in [2.75, 3.05) is 19.0 Å². The molecule has 1 heterocycles. The SMILES string of the molecule is COc1ccc(Cl)c(NCCc2cnc(Cl)nc2Cl)c1. The first-order chi connectivity index (χ1) is 9.60. The number of methoxy groups -OCH3 is 1. The molecule has 0 unspecified atom stereocenters. The van der Waals surface area contributed by atoms with Gasteiger partial charge >= 0.3 is 0 Å². The second-order valence-electron chi connectivity index (χ2n) is 3.98. The number of nitrogens with zero attached hydrogens (tertiary/aromatic N) is 2. The fourth-order valence-corrected chi connectivity index (χ4v) is 2.22. The van der Waals surface area contributed by atoms with Gasteiger partial charge in [0.1, 0.15) is 10.9 Å².